The van der Waals surface area contributed by atoms with Crippen molar-refractivity contribution in [1.82, 2.24) is 0 Å². The molecule has 50 heavy (non-hydrogen) atoms. The molecular formula is C40H80O10. The average Bonchev–Trinajstić information content (AvgIpc) is 2.99. The van der Waals surface area contributed by atoms with Crippen LogP contribution in [0.1, 0.15) is 216 Å². The van der Waals surface area contributed by atoms with Crippen molar-refractivity contribution in [2.45, 2.75) is 216 Å². The van der Waals surface area contributed by atoms with Gasteiger partial charge < -0.3 is 25.5 Å². The molecule has 0 atom stereocenters. The van der Waals surface area contributed by atoms with Crippen LogP contribution < -0.4 is 0 Å². The summed E-state index contributed by atoms with van der Waals surface area (Å²) in [5.74, 6) is -2.94. The lowest BCUT2D eigenvalue weighted by atomic mass is 9.74. The molecule has 0 heterocycles. The second-order valence-electron chi connectivity index (χ2n) is 13.4. The molecule has 5 N–H and O–H groups in total. The van der Waals surface area contributed by atoms with Gasteiger partial charge in [-0.1, -0.05) is 169 Å². The van der Waals surface area contributed by atoms with Crippen molar-refractivity contribution in [2.24, 2.45) is 11.3 Å². The summed E-state index contributed by atoms with van der Waals surface area (Å²) >= 11 is 0. The standard InChI is InChI=1S/C32H64O2.4C2H4O2/c1-5-9-13-18-24-30(25-19-14-10-6-2)26-20-17-23-29-32(31(33)34,27-21-15-11-7-3)28-22-16-12-8-4;4*1-2(3)4/h30H,5-29H2,1-4H3,(H,33,34);4*1H3,(H,3,4). The predicted molar refractivity (Wildman–Crippen MR) is 205 cm³/mol. The lowest BCUT2D eigenvalue weighted by Gasteiger charge is -2.30. The zero-order valence-electron chi connectivity index (χ0n) is 33.5. The lowest BCUT2D eigenvalue weighted by molar-refractivity contribution is -0.151. The van der Waals surface area contributed by atoms with Gasteiger partial charge >= 0.3 is 5.97 Å². The van der Waals surface area contributed by atoms with E-state index in [0.717, 1.165) is 72.1 Å². The molecule has 0 fully saturated rings. The molecule has 0 radical (unpaired) electrons. The summed E-state index contributed by atoms with van der Waals surface area (Å²) in [7, 11) is 0. The number of hydrogen-bond acceptors (Lipinski definition) is 5. The number of unbranched alkanes of at least 4 members (excludes halogenated alkanes) is 14. The monoisotopic (exact) mass is 721 g/mol. The zero-order valence-corrected chi connectivity index (χ0v) is 33.5. The number of rotatable bonds is 27. The van der Waals surface area contributed by atoms with Crippen LogP contribution in [0.2, 0.25) is 0 Å². The Morgan fingerprint density at radius 2 is 0.580 bits per heavy atom. The molecular weight excluding hydrogens is 640 g/mol. The van der Waals surface area contributed by atoms with Crippen LogP contribution in [0.5, 0.6) is 0 Å². The number of carbonyl (C=O) groups is 5. The fraction of sp³-hybridized carbons (Fsp3) is 0.875. The summed E-state index contributed by atoms with van der Waals surface area (Å²) in [4.78, 5) is 48.5. The highest BCUT2D eigenvalue weighted by Gasteiger charge is 2.36. The van der Waals surface area contributed by atoms with Crippen molar-refractivity contribution in [1.29, 1.82) is 0 Å². The van der Waals surface area contributed by atoms with E-state index in [-0.39, 0.29) is 0 Å². The van der Waals surface area contributed by atoms with Gasteiger partial charge in [0.2, 0.25) is 0 Å². The second-order valence-corrected chi connectivity index (χ2v) is 13.4. The smallest absolute Gasteiger partial charge is 0.309 e. The van der Waals surface area contributed by atoms with Gasteiger partial charge in [-0.2, -0.15) is 0 Å². The molecule has 300 valence electrons. The first kappa shape index (κ1) is 56.7. The van der Waals surface area contributed by atoms with Crippen molar-refractivity contribution >= 4 is 29.8 Å². The summed E-state index contributed by atoms with van der Waals surface area (Å²) in [5.41, 5.74) is -0.457. The van der Waals surface area contributed by atoms with Gasteiger partial charge in [0.1, 0.15) is 0 Å². The summed E-state index contributed by atoms with van der Waals surface area (Å²) in [6, 6.07) is 0. The fourth-order valence-corrected chi connectivity index (χ4v) is 5.70. The maximum absolute atomic E-state index is 12.5. The van der Waals surface area contributed by atoms with Crippen LogP contribution in [-0.2, 0) is 24.0 Å². The number of carboxylic acids is 5. The first-order chi connectivity index (χ1) is 23.5. The molecule has 0 saturated carbocycles. The maximum Gasteiger partial charge on any atom is 0.309 e. The Bertz CT molecular complexity index is 694. The molecule has 0 bridgehead atoms. The fourth-order valence-electron chi connectivity index (χ4n) is 5.70. The molecule has 10 heteroatoms. The Morgan fingerprint density at radius 1 is 0.380 bits per heavy atom. The van der Waals surface area contributed by atoms with Gasteiger partial charge in [0.25, 0.3) is 23.9 Å². The third kappa shape index (κ3) is 60.7. The summed E-state index contributed by atoms with van der Waals surface area (Å²) in [5, 5.41) is 39.9. The Hall–Kier alpha value is -2.65. The molecule has 0 aromatic rings. The minimum absolute atomic E-state index is 0.457. The molecule has 0 aromatic heterocycles. The van der Waals surface area contributed by atoms with E-state index in [9.17, 15) is 9.90 Å². The van der Waals surface area contributed by atoms with Crippen LogP contribution in [-0.4, -0.2) is 55.4 Å². The third-order valence-electron chi connectivity index (χ3n) is 8.17. The molecule has 0 unspecified atom stereocenters. The van der Waals surface area contributed by atoms with Crippen molar-refractivity contribution in [3.05, 3.63) is 0 Å². The minimum atomic E-state index is -0.833. The van der Waals surface area contributed by atoms with Gasteiger partial charge in [0.15, 0.2) is 0 Å². The molecule has 0 aliphatic heterocycles. The Kier molecular flexibility index (Phi) is 50.3. The van der Waals surface area contributed by atoms with Crippen molar-refractivity contribution in [3.63, 3.8) is 0 Å². The van der Waals surface area contributed by atoms with E-state index in [1.807, 2.05) is 0 Å². The first-order valence-corrected chi connectivity index (χ1v) is 19.5. The van der Waals surface area contributed by atoms with E-state index < -0.39 is 35.3 Å². The van der Waals surface area contributed by atoms with Crippen LogP contribution >= 0.6 is 0 Å². The number of hydrogen-bond donors (Lipinski definition) is 5. The van der Waals surface area contributed by atoms with Crippen molar-refractivity contribution < 1.29 is 49.5 Å². The molecule has 0 aliphatic rings. The Balaban J connectivity index is -0.000000349. The number of carboxylic acid groups (broad SMARTS) is 5. The minimum Gasteiger partial charge on any atom is -0.481 e. The van der Waals surface area contributed by atoms with Gasteiger partial charge in [-0.3, -0.25) is 24.0 Å². The SMILES string of the molecule is CC(=O)O.CC(=O)O.CC(=O)O.CC(=O)O.CCCCCCC(CCCCCC)CCCCCC(CCCCCC)(CCCCCC)C(=O)O. The Labute approximate surface area is 306 Å². The van der Waals surface area contributed by atoms with Crippen LogP contribution in [0.3, 0.4) is 0 Å². The normalized spacial score (nSPS) is 10.2. The van der Waals surface area contributed by atoms with Gasteiger partial charge in [-0.25, -0.2) is 0 Å². The molecule has 0 spiro atoms. The molecule has 0 aromatic carbocycles. The number of aliphatic carboxylic acids is 5. The molecule has 10 nitrogen and oxygen atoms in total. The van der Waals surface area contributed by atoms with Crippen LogP contribution in [0.15, 0.2) is 0 Å². The van der Waals surface area contributed by atoms with Crippen LogP contribution in [0.25, 0.3) is 0 Å². The molecule has 0 amide bonds. The highest BCUT2D eigenvalue weighted by Crippen LogP contribution is 2.38. The summed E-state index contributed by atoms with van der Waals surface area (Å²) in [6.45, 7) is 13.4. The first-order valence-electron chi connectivity index (χ1n) is 19.5. The van der Waals surface area contributed by atoms with E-state index >= 15 is 0 Å². The van der Waals surface area contributed by atoms with E-state index in [0.29, 0.717) is 0 Å². The van der Waals surface area contributed by atoms with Gasteiger partial charge in [-0.05, 0) is 25.2 Å². The predicted octanol–water partition coefficient (Wildman–Crippen LogP) is 11.9. The van der Waals surface area contributed by atoms with Gasteiger partial charge in [0, 0.05) is 27.7 Å². The molecule has 0 rings (SSSR count). The topological polar surface area (TPSA) is 186 Å². The van der Waals surface area contributed by atoms with E-state index in [4.69, 9.17) is 39.6 Å². The van der Waals surface area contributed by atoms with E-state index in [1.165, 1.54) is 122 Å². The molecule has 0 aliphatic carbocycles. The highest BCUT2D eigenvalue weighted by molar-refractivity contribution is 5.74. The van der Waals surface area contributed by atoms with Crippen molar-refractivity contribution in [2.75, 3.05) is 0 Å². The van der Waals surface area contributed by atoms with Crippen LogP contribution in [0.4, 0.5) is 0 Å². The van der Waals surface area contributed by atoms with Crippen molar-refractivity contribution in [3.8, 4) is 0 Å². The lowest BCUT2D eigenvalue weighted by Crippen LogP contribution is -2.31. The van der Waals surface area contributed by atoms with Crippen LogP contribution in [0, 0.1) is 11.3 Å². The third-order valence-corrected chi connectivity index (χ3v) is 8.17. The van der Waals surface area contributed by atoms with Gasteiger partial charge in [0.05, 0.1) is 5.41 Å². The molecule has 0 saturated heterocycles. The second kappa shape index (κ2) is 44.4. The highest BCUT2D eigenvalue weighted by atomic mass is 16.4. The maximum atomic E-state index is 12.5. The summed E-state index contributed by atoms with van der Waals surface area (Å²) in [6.07, 6.45) is 31.0. The summed E-state index contributed by atoms with van der Waals surface area (Å²) < 4.78 is 0. The zero-order chi connectivity index (χ0) is 39.6. The van der Waals surface area contributed by atoms with E-state index in [1.54, 1.807) is 0 Å². The van der Waals surface area contributed by atoms with Gasteiger partial charge in [-0.15, -0.1) is 0 Å². The quantitative estimate of drug-likeness (QED) is 0.0511. The average molecular weight is 721 g/mol. The van der Waals surface area contributed by atoms with E-state index in [2.05, 4.69) is 27.7 Å². The largest absolute Gasteiger partial charge is 0.481 e. The Morgan fingerprint density at radius 3 is 0.780 bits per heavy atom.